The standard InChI is InChI=1S/C9H12FN3O4S/c1-2-17-9(14)13-18(15,16)12-6-3-4-7(10)8(11)5-6/h3-5,12H,2,11H2,1H3,(H,13,14). The number of hydrogen-bond acceptors (Lipinski definition) is 5. The molecule has 0 heterocycles. The number of benzene rings is 1. The monoisotopic (exact) mass is 277 g/mol. The molecule has 0 aliphatic carbocycles. The molecule has 0 spiro atoms. The third kappa shape index (κ3) is 4.09. The average Bonchev–Trinajstić information content (AvgIpc) is 2.22. The highest BCUT2D eigenvalue weighted by Gasteiger charge is 2.15. The Morgan fingerprint density at radius 2 is 2.17 bits per heavy atom. The van der Waals surface area contributed by atoms with Gasteiger partial charge in [-0.1, -0.05) is 0 Å². The van der Waals surface area contributed by atoms with Crippen LogP contribution in [0.4, 0.5) is 20.6 Å². The van der Waals surface area contributed by atoms with Gasteiger partial charge in [0.1, 0.15) is 5.82 Å². The molecule has 1 rings (SSSR count). The van der Waals surface area contributed by atoms with Crippen molar-refractivity contribution >= 4 is 27.7 Å². The Bertz CT molecular complexity index is 547. The van der Waals surface area contributed by atoms with Gasteiger partial charge in [-0.25, -0.2) is 13.9 Å². The van der Waals surface area contributed by atoms with E-state index in [1.165, 1.54) is 6.92 Å². The maximum atomic E-state index is 12.9. The van der Waals surface area contributed by atoms with Gasteiger partial charge in [0.2, 0.25) is 0 Å². The van der Waals surface area contributed by atoms with Crippen LogP contribution in [0.3, 0.4) is 0 Å². The third-order valence-corrected chi connectivity index (χ3v) is 2.68. The average molecular weight is 277 g/mol. The van der Waals surface area contributed by atoms with Gasteiger partial charge in [-0.2, -0.15) is 8.42 Å². The highest BCUT2D eigenvalue weighted by molar-refractivity contribution is 7.91. The van der Waals surface area contributed by atoms with Crippen LogP contribution in [0.15, 0.2) is 18.2 Å². The number of rotatable bonds is 4. The molecule has 0 aliphatic heterocycles. The summed E-state index contributed by atoms with van der Waals surface area (Å²) in [7, 11) is -4.14. The lowest BCUT2D eigenvalue weighted by molar-refractivity contribution is 0.159. The molecule has 0 bridgehead atoms. The van der Waals surface area contributed by atoms with Gasteiger partial charge >= 0.3 is 16.3 Å². The van der Waals surface area contributed by atoms with Crippen molar-refractivity contribution in [2.24, 2.45) is 0 Å². The van der Waals surface area contributed by atoms with E-state index >= 15 is 0 Å². The summed E-state index contributed by atoms with van der Waals surface area (Å²) in [6, 6.07) is 3.24. The summed E-state index contributed by atoms with van der Waals surface area (Å²) in [6.45, 7) is 1.56. The van der Waals surface area contributed by atoms with Gasteiger partial charge in [-0.15, -0.1) is 0 Å². The minimum atomic E-state index is -4.14. The van der Waals surface area contributed by atoms with Crippen molar-refractivity contribution in [3.05, 3.63) is 24.0 Å². The largest absolute Gasteiger partial charge is 0.449 e. The van der Waals surface area contributed by atoms with Crippen molar-refractivity contribution in [2.45, 2.75) is 6.92 Å². The van der Waals surface area contributed by atoms with Crippen LogP contribution in [0, 0.1) is 5.82 Å². The number of nitrogen functional groups attached to an aromatic ring is 1. The molecule has 100 valence electrons. The van der Waals surface area contributed by atoms with Crippen molar-refractivity contribution in [3.8, 4) is 0 Å². The Kier molecular flexibility index (Phi) is 4.32. The minimum Gasteiger partial charge on any atom is -0.449 e. The number of hydrogen-bond donors (Lipinski definition) is 3. The molecule has 4 N–H and O–H groups in total. The van der Waals surface area contributed by atoms with Gasteiger partial charge < -0.3 is 10.5 Å². The molecule has 0 fully saturated rings. The molecule has 0 radical (unpaired) electrons. The number of ether oxygens (including phenoxy) is 1. The first-order valence-corrected chi connectivity index (χ1v) is 6.34. The predicted octanol–water partition coefficient (Wildman–Crippen LogP) is 0.811. The van der Waals surface area contributed by atoms with E-state index in [4.69, 9.17) is 5.73 Å². The van der Waals surface area contributed by atoms with Crippen molar-refractivity contribution in [1.82, 2.24) is 4.72 Å². The Balaban J connectivity index is 2.76. The molecule has 0 aromatic heterocycles. The van der Waals surface area contributed by atoms with Gasteiger partial charge in [-0.3, -0.25) is 4.72 Å². The van der Waals surface area contributed by atoms with E-state index in [0.717, 1.165) is 18.2 Å². The van der Waals surface area contributed by atoms with Crippen molar-refractivity contribution < 1.29 is 22.3 Å². The zero-order valence-corrected chi connectivity index (χ0v) is 10.3. The third-order valence-electron chi connectivity index (χ3n) is 1.74. The van der Waals surface area contributed by atoms with Crippen LogP contribution in [0.25, 0.3) is 0 Å². The highest BCUT2D eigenvalue weighted by Crippen LogP contribution is 2.16. The fraction of sp³-hybridized carbons (Fsp3) is 0.222. The first kappa shape index (κ1) is 14.0. The highest BCUT2D eigenvalue weighted by atomic mass is 32.2. The van der Waals surface area contributed by atoms with Crippen LogP contribution in [-0.4, -0.2) is 21.1 Å². The lowest BCUT2D eigenvalue weighted by Gasteiger charge is -2.09. The number of carbonyl (C=O) groups excluding carboxylic acids is 1. The molecular formula is C9H12FN3O4S. The molecule has 0 unspecified atom stereocenters. The fourth-order valence-corrected chi connectivity index (χ4v) is 1.82. The Morgan fingerprint density at radius 3 is 2.72 bits per heavy atom. The molecular weight excluding hydrogens is 265 g/mol. The molecule has 18 heavy (non-hydrogen) atoms. The summed E-state index contributed by atoms with van der Waals surface area (Å²) >= 11 is 0. The van der Waals surface area contributed by atoms with Gasteiger partial charge in [0.05, 0.1) is 18.0 Å². The summed E-state index contributed by atoms with van der Waals surface area (Å²) < 4.78 is 43.7. The normalized spacial score (nSPS) is 10.8. The van der Waals surface area contributed by atoms with Crippen LogP contribution in [0.1, 0.15) is 6.92 Å². The number of amides is 1. The summed E-state index contributed by atoms with van der Waals surface area (Å²) in [6.07, 6.45) is -1.11. The van der Waals surface area contributed by atoms with E-state index in [9.17, 15) is 17.6 Å². The van der Waals surface area contributed by atoms with Crippen LogP contribution in [-0.2, 0) is 14.9 Å². The molecule has 1 aromatic rings. The molecule has 0 saturated carbocycles. The van der Waals surface area contributed by atoms with E-state index in [1.54, 1.807) is 4.72 Å². The molecule has 7 nitrogen and oxygen atoms in total. The number of carbonyl (C=O) groups is 1. The summed E-state index contributed by atoms with van der Waals surface area (Å²) in [5.41, 5.74) is 5.07. The first-order chi connectivity index (χ1) is 8.34. The van der Waals surface area contributed by atoms with Gasteiger partial charge in [0.25, 0.3) is 0 Å². The number of nitrogens with one attached hydrogen (secondary N) is 2. The number of halogens is 1. The molecule has 0 aliphatic rings. The van der Waals surface area contributed by atoms with Gasteiger partial charge in [-0.05, 0) is 25.1 Å². The van der Waals surface area contributed by atoms with Crippen molar-refractivity contribution in [3.63, 3.8) is 0 Å². The Labute approximate surface area is 103 Å². The summed E-state index contributed by atoms with van der Waals surface area (Å²) in [5.74, 6) is -0.670. The van der Waals surface area contributed by atoms with Crippen LogP contribution in [0.5, 0.6) is 0 Å². The maximum Gasteiger partial charge on any atom is 0.422 e. The first-order valence-electron chi connectivity index (χ1n) is 4.86. The second-order valence-electron chi connectivity index (χ2n) is 3.16. The molecule has 0 atom stereocenters. The predicted molar refractivity (Wildman–Crippen MR) is 63.5 cm³/mol. The summed E-state index contributed by atoms with van der Waals surface area (Å²) in [4.78, 5) is 10.9. The molecule has 0 saturated heterocycles. The fourth-order valence-electron chi connectivity index (χ4n) is 1.06. The lowest BCUT2D eigenvalue weighted by atomic mass is 10.3. The number of anilines is 2. The van der Waals surface area contributed by atoms with Crippen LogP contribution >= 0.6 is 0 Å². The zero-order valence-electron chi connectivity index (χ0n) is 9.44. The summed E-state index contributed by atoms with van der Waals surface area (Å²) in [5, 5.41) is 0. The Morgan fingerprint density at radius 1 is 1.50 bits per heavy atom. The van der Waals surface area contributed by atoms with Crippen LogP contribution < -0.4 is 15.2 Å². The lowest BCUT2D eigenvalue weighted by Crippen LogP contribution is -2.35. The second kappa shape index (κ2) is 5.54. The topological polar surface area (TPSA) is 111 Å². The van der Waals surface area contributed by atoms with Crippen LogP contribution in [0.2, 0.25) is 0 Å². The van der Waals surface area contributed by atoms with E-state index in [0.29, 0.717) is 0 Å². The molecule has 1 aromatic carbocycles. The van der Waals surface area contributed by atoms with Crippen molar-refractivity contribution in [1.29, 1.82) is 0 Å². The quantitative estimate of drug-likeness (QED) is 0.705. The number of nitrogens with two attached hydrogens (primary N) is 1. The van der Waals surface area contributed by atoms with Gasteiger partial charge in [0.15, 0.2) is 0 Å². The molecule has 1 amide bonds. The molecule has 9 heteroatoms. The maximum absolute atomic E-state index is 12.9. The van der Waals surface area contributed by atoms with Crippen molar-refractivity contribution in [2.75, 3.05) is 17.1 Å². The Hall–Kier alpha value is -2.03. The SMILES string of the molecule is CCOC(=O)NS(=O)(=O)Nc1ccc(F)c(N)c1. The van der Waals surface area contributed by atoms with E-state index in [-0.39, 0.29) is 18.0 Å². The smallest absolute Gasteiger partial charge is 0.422 e. The minimum absolute atomic E-state index is 0.0192. The van der Waals surface area contributed by atoms with E-state index in [1.807, 2.05) is 4.72 Å². The zero-order chi connectivity index (χ0) is 13.8. The van der Waals surface area contributed by atoms with E-state index < -0.39 is 22.1 Å². The van der Waals surface area contributed by atoms with E-state index in [2.05, 4.69) is 4.74 Å². The second-order valence-corrected chi connectivity index (χ2v) is 4.58. The van der Waals surface area contributed by atoms with Gasteiger partial charge in [0, 0.05) is 0 Å².